The summed E-state index contributed by atoms with van der Waals surface area (Å²) in [5.74, 6) is 1.43. The molecule has 1 fully saturated rings. The Labute approximate surface area is 110 Å². The minimum atomic E-state index is -1.09. The molecule has 1 aromatic heterocycles. The maximum Gasteiger partial charge on any atom is 0.223 e. The fourth-order valence-electron chi connectivity index (χ4n) is 2.32. The monoisotopic (exact) mass is 269 g/mol. The van der Waals surface area contributed by atoms with E-state index in [1.54, 1.807) is 19.3 Å². The number of hydrogen-bond acceptors (Lipinski definition) is 3. The summed E-state index contributed by atoms with van der Waals surface area (Å²) in [4.78, 5) is 12.5. The number of hydrogen-bond donors (Lipinski definition) is 1. The van der Waals surface area contributed by atoms with E-state index in [4.69, 9.17) is 4.42 Å². The molecule has 100 valence electrons. The summed E-state index contributed by atoms with van der Waals surface area (Å²) in [6.07, 6.45) is 5.83. The van der Waals surface area contributed by atoms with Crippen LogP contribution in [-0.4, -0.2) is 22.4 Å². The lowest BCUT2D eigenvalue weighted by Crippen LogP contribution is -2.32. The van der Waals surface area contributed by atoms with Crippen LogP contribution in [0.2, 0.25) is 0 Å². The molecule has 5 heteroatoms. The van der Waals surface area contributed by atoms with Crippen LogP contribution in [0.15, 0.2) is 21.6 Å². The molecule has 1 atom stereocenters. The van der Waals surface area contributed by atoms with Gasteiger partial charge in [0.25, 0.3) is 0 Å². The average molecular weight is 269 g/mol. The van der Waals surface area contributed by atoms with Crippen molar-refractivity contribution in [3.63, 3.8) is 0 Å². The molecule has 1 saturated carbocycles. The number of carbonyl (C=O) groups excluding carboxylic acids is 1. The zero-order valence-corrected chi connectivity index (χ0v) is 11.4. The van der Waals surface area contributed by atoms with Gasteiger partial charge in [-0.05, 0) is 25.8 Å². The summed E-state index contributed by atoms with van der Waals surface area (Å²) in [7, 11) is -1.09. The Morgan fingerprint density at radius 2 is 2.22 bits per heavy atom. The maximum absolute atomic E-state index is 11.9. The van der Waals surface area contributed by atoms with E-state index in [0.29, 0.717) is 18.1 Å². The van der Waals surface area contributed by atoms with Crippen molar-refractivity contribution in [2.75, 3.05) is 12.3 Å². The number of rotatable bonds is 5. The summed E-state index contributed by atoms with van der Waals surface area (Å²) in [6, 6.07) is 1.73. The molecule has 1 heterocycles. The van der Waals surface area contributed by atoms with Gasteiger partial charge >= 0.3 is 0 Å². The van der Waals surface area contributed by atoms with Gasteiger partial charge in [0, 0.05) is 18.2 Å². The molecule has 2 rings (SSSR count). The molecule has 0 bridgehead atoms. The number of aryl methyl sites for hydroxylation is 1. The minimum Gasteiger partial charge on any atom is -0.468 e. The quantitative estimate of drug-likeness (QED) is 0.889. The van der Waals surface area contributed by atoms with Crippen molar-refractivity contribution in [3.8, 4) is 0 Å². The van der Waals surface area contributed by atoms with Crippen molar-refractivity contribution in [2.45, 2.75) is 37.5 Å². The van der Waals surface area contributed by atoms with Crippen LogP contribution in [-0.2, 0) is 15.6 Å². The Morgan fingerprint density at radius 1 is 1.50 bits per heavy atom. The average Bonchev–Trinajstić information content (AvgIpc) is 2.99. The molecule has 1 amide bonds. The first kappa shape index (κ1) is 13.3. The van der Waals surface area contributed by atoms with Gasteiger partial charge in [0.05, 0.1) is 22.0 Å². The van der Waals surface area contributed by atoms with Gasteiger partial charge in [-0.1, -0.05) is 12.8 Å². The standard InChI is InChI=1S/C13H19NO3S/c1-10-12(6-8-17-10)18(16)9-7-14-13(15)11-4-2-3-5-11/h6,8,11H,2-5,7,9H2,1H3,(H,14,15). The highest BCUT2D eigenvalue weighted by molar-refractivity contribution is 7.85. The Balaban J connectivity index is 1.73. The molecule has 0 aliphatic heterocycles. The molecule has 4 nitrogen and oxygen atoms in total. The lowest BCUT2D eigenvalue weighted by atomic mass is 10.1. The van der Waals surface area contributed by atoms with E-state index in [0.717, 1.165) is 30.6 Å². The second-order valence-electron chi connectivity index (χ2n) is 4.66. The first-order valence-electron chi connectivity index (χ1n) is 6.38. The van der Waals surface area contributed by atoms with E-state index in [9.17, 15) is 9.00 Å². The van der Waals surface area contributed by atoms with Crippen LogP contribution in [0, 0.1) is 12.8 Å². The highest BCUT2D eigenvalue weighted by atomic mass is 32.2. The second-order valence-corrected chi connectivity index (χ2v) is 6.20. The molecule has 1 aliphatic carbocycles. The first-order chi connectivity index (χ1) is 8.68. The summed E-state index contributed by atoms with van der Waals surface area (Å²) < 4.78 is 17.0. The lowest BCUT2D eigenvalue weighted by Gasteiger charge is -2.09. The maximum atomic E-state index is 11.9. The van der Waals surface area contributed by atoms with Crippen LogP contribution in [0.1, 0.15) is 31.4 Å². The molecular formula is C13H19NO3S. The van der Waals surface area contributed by atoms with Gasteiger partial charge in [0.1, 0.15) is 5.76 Å². The van der Waals surface area contributed by atoms with Gasteiger partial charge in [-0.2, -0.15) is 0 Å². The minimum absolute atomic E-state index is 0.119. The SMILES string of the molecule is Cc1occc1S(=O)CCNC(=O)C1CCCC1. The summed E-state index contributed by atoms with van der Waals surface area (Å²) in [6.45, 7) is 2.26. The van der Waals surface area contributed by atoms with Crippen molar-refractivity contribution >= 4 is 16.7 Å². The number of furan rings is 1. The Bertz CT molecular complexity index is 435. The number of nitrogens with one attached hydrogen (secondary N) is 1. The molecule has 1 aliphatic rings. The van der Waals surface area contributed by atoms with Crippen molar-refractivity contribution in [1.29, 1.82) is 0 Å². The molecule has 1 aromatic rings. The Hall–Kier alpha value is -1.10. The van der Waals surface area contributed by atoms with E-state index in [2.05, 4.69) is 5.32 Å². The van der Waals surface area contributed by atoms with Gasteiger partial charge in [0.2, 0.25) is 5.91 Å². The smallest absolute Gasteiger partial charge is 0.223 e. The van der Waals surface area contributed by atoms with Crippen molar-refractivity contribution in [1.82, 2.24) is 5.32 Å². The van der Waals surface area contributed by atoms with Crippen LogP contribution in [0.4, 0.5) is 0 Å². The van der Waals surface area contributed by atoms with Crippen molar-refractivity contribution < 1.29 is 13.4 Å². The third-order valence-electron chi connectivity index (χ3n) is 3.37. The number of amides is 1. The molecule has 1 unspecified atom stereocenters. The van der Waals surface area contributed by atoms with E-state index in [-0.39, 0.29) is 11.8 Å². The molecule has 0 saturated heterocycles. The van der Waals surface area contributed by atoms with E-state index in [1.165, 1.54) is 0 Å². The highest BCUT2D eigenvalue weighted by Crippen LogP contribution is 2.24. The zero-order valence-electron chi connectivity index (χ0n) is 10.6. The lowest BCUT2D eigenvalue weighted by molar-refractivity contribution is -0.124. The largest absolute Gasteiger partial charge is 0.468 e. The first-order valence-corrected chi connectivity index (χ1v) is 7.70. The molecule has 0 aromatic carbocycles. The predicted molar refractivity (Wildman–Crippen MR) is 69.7 cm³/mol. The topological polar surface area (TPSA) is 59.3 Å². The van der Waals surface area contributed by atoms with Gasteiger partial charge in [-0.3, -0.25) is 9.00 Å². The van der Waals surface area contributed by atoms with Gasteiger partial charge < -0.3 is 9.73 Å². The summed E-state index contributed by atoms with van der Waals surface area (Å²) in [5, 5.41) is 2.87. The van der Waals surface area contributed by atoms with Crippen molar-refractivity contribution in [2.24, 2.45) is 5.92 Å². The Kier molecular flexibility index (Phi) is 4.58. The van der Waals surface area contributed by atoms with E-state index >= 15 is 0 Å². The zero-order chi connectivity index (χ0) is 13.0. The fourth-order valence-corrected chi connectivity index (χ4v) is 3.40. The van der Waals surface area contributed by atoms with Crippen LogP contribution in [0.3, 0.4) is 0 Å². The van der Waals surface area contributed by atoms with Gasteiger partial charge in [-0.15, -0.1) is 0 Å². The predicted octanol–water partition coefficient (Wildman–Crippen LogP) is 2.00. The third kappa shape index (κ3) is 3.22. The van der Waals surface area contributed by atoms with Crippen molar-refractivity contribution in [3.05, 3.63) is 18.1 Å². The highest BCUT2D eigenvalue weighted by Gasteiger charge is 2.22. The molecule has 1 N–H and O–H groups in total. The second kappa shape index (κ2) is 6.18. The van der Waals surface area contributed by atoms with E-state index in [1.807, 2.05) is 0 Å². The van der Waals surface area contributed by atoms with Crippen LogP contribution >= 0.6 is 0 Å². The van der Waals surface area contributed by atoms with Gasteiger partial charge in [0.15, 0.2) is 0 Å². The normalized spacial score (nSPS) is 17.8. The molecule has 0 spiro atoms. The van der Waals surface area contributed by atoms with Gasteiger partial charge in [-0.25, -0.2) is 0 Å². The third-order valence-corrected chi connectivity index (χ3v) is 4.86. The fraction of sp³-hybridized carbons (Fsp3) is 0.615. The molecule has 0 radical (unpaired) electrons. The summed E-state index contributed by atoms with van der Waals surface area (Å²) >= 11 is 0. The summed E-state index contributed by atoms with van der Waals surface area (Å²) in [5.41, 5.74) is 0. The van der Waals surface area contributed by atoms with E-state index < -0.39 is 10.8 Å². The Morgan fingerprint density at radius 3 is 2.83 bits per heavy atom. The number of carbonyl (C=O) groups is 1. The van der Waals surface area contributed by atoms with Crippen LogP contribution in [0.25, 0.3) is 0 Å². The molecular weight excluding hydrogens is 250 g/mol. The molecule has 18 heavy (non-hydrogen) atoms. The van der Waals surface area contributed by atoms with Crippen LogP contribution in [0.5, 0.6) is 0 Å². The van der Waals surface area contributed by atoms with Crippen LogP contribution < -0.4 is 5.32 Å².